The summed E-state index contributed by atoms with van der Waals surface area (Å²) in [5.74, 6) is 1.18. The molecule has 162 valence electrons. The van der Waals surface area contributed by atoms with E-state index in [-0.39, 0.29) is 18.5 Å². The van der Waals surface area contributed by atoms with E-state index in [1.165, 1.54) is 16.2 Å². The van der Waals surface area contributed by atoms with E-state index < -0.39 is 5.54 Å². The zero-order chi connectivity index (χ0) is 21.7. The van der Waals surface area contributed by atoms with E-state index in [0.29, 0.717) is 36.6 Å². The minimum Gasteiger partial charge on any atom is -0.493 e. The van der Waals surface area contributed by atoms with Crippen LogP contribution < -0.4 is 14.8 Å². The molecule has 3 amide bonds. The quantitative estimate of drug-likeness (QED) is 0.556. The van der Waals surface area contributed by atoms with Crippen molar-refractivity contribution in [2.45, 2.75) is 58.5 Å². The number of amides is 3. The van der Waals surface area contributed by atoms with Gasteiger partial charge in [0, 0.05) is 10.9 Å². The second-order valence-electron chi connectivity index (χ2n) is 7.35. The number of hydrogen-bond donors (Lipinski definition) is 1. The highest BCUT2D eigenvalue weighted by molar-refractivity contribution is 7.13. The molecule has 3 rings (SSSR count). The van der Waals surface area contributed by atoms with E-state index in [1.54, 1.807) is 7.11 Å². The minimum absolute atomic E-state index is 0.145. The van der Waals surface area contributed by atoms with Crippen molar-refractivity contribution in [3.63, 3.8) is 0 Å². The zero-order valence-electron chi connectivity index (χ0n) is 18.0. The molecule has 0 atom stereocenters. The molecular formula is C22H29N3O4S. The summed E-state index contributed by atoms with van der Waals surface area (Å²) in [6.45, 7) is 6.70. The number of ether oxygens (including phenoxy) is 2. The van der Waals surface area contributed by atoms with E-state index in [0.717, 1.165) is 23.4 Å². The Labute approximate surface area is 181 Å². The Morgan fingerprint density at radius 1 is 1.13 bits per heavy atom. The summed E-state index contributed by atoms with van der Waals surface area (Å²) >= 11 is 1.47. The minimum atomic E-state index is -0.776. The van der Waals surface area contributed by atoms with Crippen LogP contribution in [0.15, 0.2) is 23.6 Å². The summed E-state index contributed by atoms with van der Waals surface area (Å²) in [6.07, 6.45) is 2.97. The summed E-state index contributed by atoms with van der Waals surface area (Å²) in [5, 5.41) is 5.63. The molecule has 1 fully saturated rings. The Hall–Kier alpha value is -2.61. The average Bonchev–Trinajstić information content (AvgIpc) is 3.28. The molecule has 1 aromatic heterocycles. The van der Waals surface area contributed by atoms with Crippen molar-refractivity contribution < 1.29 is 19.1 Å². The van der Waals surface area contributed by atoms with Gasteiger partial charge in [-0.1, -0.05) is 26.7 Å². The summed E-state index contributed by atoms with van der Waals surface area (Å²) in [5.41, 5.74) is 0.812. The van der Waals surface area contributed by atoms with Crippen LogP contribution in [-0.4, -0.2) is 41.1 Å². The molecule has 0 radical (unpaired) electrons. The Morgan fingerprint density at radius 3 is 2.50 bits per heavy atom. The van der Waals surface area contributed by atoms with Gasteiger partial charge in [-0.3, -0.25) is 9.69 Å². The summed E-state index contributed by atoms with van der Waals surface area (Å²) in [4.78, 5) is 31.6. The van der Waals surface area contributed by atoms with Crippen molar-refractivity contribution in [1.29, 1.82) is 0 Å². The van der Waals surface area contributed by atoms with Crippen molar-refractivity contribution in [2.75, 3.05) is 13.7 Å². The molecule has 1 aromatic carbocycles. The lowest BCUT2D eigenvalue weighted by Gasteiger charge is -2.25. The van der Waals surface area contributed by atoms with Gasteiger partial charge in [-0.15, -0.1) is 11.3 Å². The SMILES string of the molecule is CCCC1(CCC)NC(=O)N(Cc2csc(-c3ccc(OCC)c(OC)c3)n2)C1=O. The predicted molar refractivity (Wildman–Crippen MR) is 117 cm³/mol. The number of methoxy groups -OCH3 is 1. The maximum absolute atomic E-state index is 13.1. The van der Waals surface area contributed by atoms with Gasteiger partial charge in [0.25, 0.3) is 5.91 Å². The highest BCUT2D eigenvalue weighted by Gasteiger charge is 2.49. The van der Waals surface area contributed by atoms with Crippen LogP contribution in [0, 0.1) is 0 Å². The van der Waals surface area contributed by atoms with E-state index in [1.807, 2.05) is 44.4 Å². The lowest BCUT2D eigenvalue weighted by Crippen LogP contribution is -2.46. The molecule has 0 aliphatic carbocycles. The second-order valence-corrected chi connectivity index (χ2v) is 8.20. The average molecular weight is 432 g/mol. The van der Waals surface area contributed by atoms with Crippen LogP contribution in [0.25, 0.3) is 10.6 Å². The smallest absolute Gasteiger partial charge is 0.325 e. The maximum Gasteiger partial charge on any atom is 0.325 e. The first kappa shape index (κ1) is 22.1. The van der Waals surface area contributed by atoms with Gasteiger partial charge in [0.15, 0.2) is 11.5 Å². The van der Waals surface area contributed by atoms with Gasteiger partial charge in [0.1, 0.15) is 10.5 Å². The van der Waals surface area contributed by atoms with Crippen molar-refractivity contribution in [3.05, 3.63) is 29.3 Å². The van der Waals surface area contributed by atoms with Gasteiger partial charge in [-0.2, -0.15) is 0 Å². The van der Waals surface area contributed by atoms with Crippen LogP contribution in [0.3, 0.4) is 0 Å². The number of urea groups is 1. The lowest BCUT2D eigenvalue weighted by molar-refractivity contribution is -0.132. The number of nitrogens with one attached hydrogen (secondary N) is 1. The molecule has 8 heteroatoms. The van der Waals surface area contributed by atoms with Crippen LogP contribution in [0.1, 0.15) is 52.1 Å². The molecule has 2 heterocycles. The fraction of sp³-hybridized carbons (Fsp3) is 0.500. The molecule has 1 N–H and O–H groups in total. The molecule has 0 bridgehead atoms. The number of nitrogens with zero attached hydrogens (tertiary/aromatic N) is 2. The molecule has 7 nitrogen and oxygen atoms in total. The first-order valence-corrected chi connectivity index (χ1v) is 11.3. The first-order valence-electron chi connectivity index (χ1n) is 10.4. The standard InChI is InChI=1S/C22H29N3O4S/c1-5-10-22(11-6-2)20(26)25(21(27)24-22)13-16-14-30-19(23-16)15-8-9-17(29-7-3)18(12-15)28-4/h8-9,12,14H,5-7,10-11,13H2,1-4H3,(H,24,27). The van der Waals surface area contributed by atoms with E-state index >= 15 is 0 Å². The van der Waals surface area contributed by atoms with Crippen molar-refractivity contribution in [3.8, 4) is 22.1 Å². The zero-order valence-corrected chi connectivity index (χ0v) is 18.8. The first-order chi connectivity index (χ1) is 14.5. The van der Waals surface area contributed by atoms with Crippen LogP contribution in [0.4, 0.5) is 4.79 Å². The monoisotopic (exact) mass is 431 g/mol. The van der Waals surface area contributed by atoms with Crippen LogP contribution >= 0.6 is 11.3 Å². The Kier molecular flexibility index (Phi) is 6.97. The fourth-order valence-corrected chi connectivity index (χ4v) is 4.69. The largest absolute Gasteiger partial charge is 0.493 e. The van der Waals surface area contributed by atoms with Crippen LogP contribution in [-0.2, 0) is 11.3 Å². The van der Waals surface area contributed by atoms with Crippen molar-refractivity contribution >= 4 is 23.3 Å². The molecule has 1 aliphatic rings. The third-order valence-corrected chi connectivity index (χ3v) is 6.12. The number of carbonyl (C=O) groups excluding carboxylic acids is 2. The molecule has 30 heavy (non-hydrogen) atoms. The number of rotatable bonds is 10. The van der Waals surface area contributed by atoms with Crippen LogP contribution in [0.5, 0.6) is 11.5 Å². The third-order valence-electron chi connectivity index (χ3n) is 5.18. The number of hydrogen-bond acceptors (Lipinski definition) is 6. The van der Waals surface area contributed by atoms with Gasteiger partial charge in [0.2, 0.25) is 0 Å². The number of benzene rings is 1. The van der Waals surface area contributed by atoms with E-state index in [4.69, 9.17) is 9.47 Å². The van der Waals surface area contributed by atoms with E-state index in [2.05, 4.69) is 10.3 Å². The lowest BCUT2D eigenvalue weighted by atomic mass is 9.88. The third kappa shape index (κ3) is 4.28. The summed E-state index contributed by atoms with van der Waals surface area (Å²) in [6, 6.07) is 5.34. The number of carbonyl (C=O) groups is 2. The van der Waals surface area contributed by atoms with Gasteiger partial charge >= 0.3 is 6.03 Å². The Bertz CT molecular complexity index is 906. The molecule has 2 aromatic rings. The number of imide groups is 1. The van der Waals surface area contributed by atoms with E-state index in [9.17, 15) is 9.59 Å². The summed E-state index contributed by atoms with van der Waals surface area (Å²) < 4.78 is 11.0. The predicted octanol–water partition coefficient (Wildman–Crippen LogP) is 4.61. The normalized spacial score (nSPS) is 15.4. The van der Waals surface area contributed by atoms with Crippen molar-refractivity contribution in [1.82, 2.24) is 15.2 Å². The molecular weight excluding hydrogens is 402 g/mol. The number of aromatic nitrogens is 1. The van der Waals surface area contributed by atoms with Gasteiger partial charge in [-0.25, -0.2) is 9.78 Å². The molecule has 0 saturated carbocycles. The van der Waals surface area contributed by atoms with Crippen molar-refractivity contribution in [2.24, 2.45) is 0 Å². The topological polar surface area (TPSA) is 80.8 Å². The molecule has 1 saturated heterocycles. The Balaban J connectivity index is 1.79. The second kappa shape index (κ2) is 9.47. The van der Waals surface area contributed by atoms with Crippen LogP contribution in [0.2, 0.25) is 0 Å². The van der Waals surface area contributed by atoms with Gasteiger partial charge in [-0.05, 0) is 38.0 Å². The molecule has 0 unspecified atom stereocenters. The Morgan fingerprint density at radius 2 is 1.87 bits per heavy atom. The van der Waals surface area contributed by atoms with Gasteiger partial charge < -0.3 is 14.8 Å². The summed E-state index contributed by atoms with van der Waals surface area (Å²) in [7, 11) is 1.60. The highest BCUT2D eigenvalue weighted by Crippen LogP contribution is 2.34. The number of thiazole rings is 1. The molecule has 0 spiro atoms. The maximum atomic E-state index is 13.1. The molecule has 1 aliphatic heterocycles. The highest BCUT2D eigenvalue weighted by atomic mass is 32.1. The fourth-order valence-electron chi connectivity index (χ4n) is 3.89. The van der Waals surface area contributed by atoms with Gasteiger partial charge in [0.05, 0.1) is 26.0 Å².